The molecule has 1 aliphatic heterocycles. The number of carbonyl (C=O) groups is 1. The number of nitrogens with one attached hydrogen (secondary N) is 1. The quantitative estimate of drug-likeness (QED) is 0.814. The maximum Gasteiger partial charge on any atom is 0.253 e. The summed E-state index contributed by atoms with van der Waals surface area (Å²) in [5.41, 5.74) is 1.32. The summed E-state index contributed by atoms with van der Waals surface area (Å²) >= 11 is 0. The fourth-order valence-electron chi connectivity index (χ4n) is 4.26. The second-order valence-electron chi connectivity index (χ2n) is 8.36. The predicted molar refractivity (Wildman–Crippen MR) is 112 cm³/mol. The Kier molecular flexibility index (Phi) is 6.65. The first-order valence-electron chi connectivity index (χ1n) is 10.4. The van der Waals surface area contributed by atoms with Crippen molar-refractivity contribution in [2.75, 3.05) is 32.1 Å². The van der Waals surface area contributed by atoms with Gasteiger partial charge in [-0.1, -0.05) is 19.8 Å². The normalized spacial score (nSPS) is 23.6. The van der Waals surface area contributed by atoms with Crippen molar-refractivity contribution in [1.82, 2.24) is 9.62 Å². The molecule has 1 aliphatic carbocycles. The van der Waals surface area contributed by atoms with Gasteiger partial charge in [-0.05, 0) is 56.2 Å². The van der Waals surface area contributed by atoms with Crippen LogP contribution in [0.25, 0.3) is 0 Å². The van der Waals surface area contributed by atoms with Crippen molar-refractivity contribution in [2.45, 2.75) is 62.8 Å². The van der Waals surface area contributed by atoms with Gasteiger partial charge >= 0.3 is 0 Å². The maximum absolute atomic E-state index is 13.2. The summed E-state index contributed by atoms with van der Waals surface area (Å²) in [5, 5.41) is 3.20. The molecule has 1 aromatic carbocycles. The average molecular weight is 408 g/mol. The minimum absolute atomic E-state index is 0.157. The maximum atomic E-state index is 13.2. The Labute approximate surface area is 169 Å². The van der Waals surface area contributed by atoms with Crippen molar-refractivity contribution in [2.24, 2.45) is 5.92 Å². The van der Waals surface area contributed by atoms with Crippen LogP contribution in [0.5, 0.6) is 0 Å². The number of piperidine rings is 1. The highest BCUT2D eigenvalue weighted by atomic mass is 32.2. The molecule has 0 bridgehead atoms. The van der Waals surface area contributed by atoms with Gasteiger partial charge in [-0.25, -0.2) is 12.7 Å². The van der Waals surface area contributed by atoms with Gasteiger partial charge in [0.2, 0.25) is 10.0 Å². The lowest BCUT2D eigenvalue weighted by atomic mass is 9.86. The van der Waals surface area contributed by atoms with Gasteiger partial charge in [0.25, 0.3) is 5.91 Å². The van der Waals surface area contributed by atoms with E-state index < -0.39 is 10.0 Å². The molecule has 7 heteroatoms. The summed E-state index contributed by atoms with van der Waals surface area (Å²) in [6.07, 6.45) is 7.84. The number of carbonyl (C=O) groups excluding carboxylic acids is 1. The molecule has 0 radical (unpaired) electrons. The Morgan fingerprint density at radius 3 is 2.39 bits per heavy atom. The van der Waals surface area contributed by atoms with Crippen molar-refractivity contribution in [3.63, 3.8) is 0 Å². The molecule has 2 fully saturated rings. The molecule has 6 nitrogen and oxygen atoms in total. The first-order chi connectivity index (χ1) is 13.3. The molecule has 156 valence electrons. The highest BCUT2D eigenvalue weighted by Crippen LogP contribution is 2.29. The van der Waals surface area contributed by atoms with E-state index in [1.165, 1.54) is 31.2 Å². The van der Waals surface area contributed by atoms with E-state index in [9.17, 15) is 13.2 Å². The number of hydrogen-bond acceptors (Lipinski definition) is 4. The van der Waals surface area contributed by atoms with Crippen LogP contribution in [0.2, 0.25) is 0 Å². The molecular formula is C21H33N3O3S. The summed E-state index contributed by atoms with van der Waals surface area (Å²) in [6, 6.07) is 5.15. The van der Waals surface area contributed by atoms with Gasteiger partial charge in [0, 0.05) is 38.9 Å². The van der Waals surface area contributed by atoms with E-state index in [2.05, 4.69) is 17.1 Å². The van der Waals surface area contributed by atoms with Crippen molar-refractivity contribution >= 4 is 21.6 Å². The summed E-state index contributed by atoms with van der Waals surface area (Å²) in [7, 11) is -0.567. The lowest BCUT2D eigenvalue weighted by Gasteiger charge is -2.32. The largest absolute Gasteiger partial charge is 0.371 e. The van der Waals surface area contributed by atoms with Crippen LogP contribution >= 0.6 is 0 Å². The molecule has 0 spiro atoms. The minimum atomic E-state index is -3.59. The van der Waals surface area contributed by atoms with Crippen molar-refractivity contribution in [3.05, 3.63) is 23.8 Å². The van der Waals surface area contributed by atoms with Crippen LogP contribution in [0.1, 0.15) is 62.2 Å². The zero-order valence-electron chi connectivity index (χ0n) is 17.3. The van der Waals surface area contributed by atoms with E-state index in [-0.39, 0.29) is 16.8 Å². The Morgan fingerprint density at radius 1 is 1.07 bits per heavy atom. The Hall–Kier alpha value is -1.60. The van der Waals surface area contributed by atoms with Crippen LogP contribution in [0.3, 0.4) is 0 Å². The SMILES string of the molecule is CC1CCCCC1NC(=O)c1cc(S(=O)(=O)N(C)C)ccc1N1CCCCC1. The predicted octanol–water partition coefficient (Wildman–Crippen LogP) is 3.24. The Morgan fingerprint density at radius 2 is 1.75 bits per heavy atom. The molecule has 2 aliphatic rings. The summed E-state index contributed by atoms with van der Waals surface area (Å²) in [6.45, 7) is 3.99. The number of rotatable bonds is 5. The molecule has 0 aromatic heterocycles. The Balaban J connectivity index is 1.95. The Bertz CT molecular complexity index is 801. The molecule has 1 saturated carbocycles. The van der Waals surface area contributed by atoms with Crippen LogP contribution in [0, 0.1) is 5.92 Å². The van der Waals surface area contributed by atoms with E-state index in [0.29, 0.717) is 11.5 Å². The number of amides is 1. The molecule has 2 unspecified atom stereocenters. The number of benzene rings is 1. The molecule has 1 aromatic rings. The molecule has 1 amide bonds. The van der Waals surface area contributed by atoms with E-state index in [4.69, 9.17) is 0 Å². The highest BCUT2D eigenvalue weighted by Gasteiger charge is 2.27. The summed E-state index contributed by atoms with van der Waals surface area (Å²) < 4.78 is 26.4. The third kappa shape index (κ3) is 4.51. The fraction of sp³-hybridized carbons (Fsp3) is 0.667. The van der Waals surface area contributed by atoms with Crippen LogP contribution in [0.15, 0.2) is 23.1 Å². The van der Waals surface area contributed by atoms with Gasteiger partial charge in [-0.3, -0.25) is 4.79 Å². The fourth-order valence-corrected chi connectivity index (χ4v) is 5.18. The topological polar surface area (TPSA) is 69.7 Å². The van der Waals surface area contributed by atoms with Crippen LogP contribution < -0.4 is 10.2 Å². The summed E-state index contributed by atoms with van der Waals surface area (Å²) in [5.74, 6) is 0.292. The molecule has 2 atom stereocenters. The molecule has 1 saturated heterocycles. The average Bonchev–Trinajstić information content (AvgIpc) is 2.69. The third-order valence-corrected chi connectivity index (χ3v) is 7.93. The molecular weight excluding hydrogens is 374 g/mol. The van der Waals surface area contributed by atoms with E-state index in [1.807, 2.05) is 0 Å². The van der Waals surface area contributed by atoms with Crippen LogP contribution in [-0.4, -0.2) is 51.9 Å². The smallest absolute Gasteiger partial charge is 0.253 e. The van der Waals surface area contributed by atoms with Gasteiger partial charge in [0.15, 0.2) is 0 Å². The van der Waals surface area contributed by atoms with Gasteiger partial charge in [0.1, 0.15) is 0 Å². The first kappa shape index (κ1) is 21.1. The van der Waals surface area contributed by atoms with Crippen molar-refractivity contribution in [3.8, 4) is 0 Å². The number of anilines is 1. The van der Waals surface area contributed by atoms with Crippen LogP contribution in [-0.2, 0) is 10.0 Å². The van der Waals surface area contributed by atoms with E-state index in [0.717, 1.165) is 50.9 Å². The zero-order valence-corrected chi connectivity index (χ0v) is 18.1. The minimum Gasteiger partial charge on any atom is -0.371 e. The second-order valence-corrected chi connectivity index (χ2v) is 10.5. The van der Waals surface area contributed by atoms with E-state index in [1.54, 1.807) is 18.2 Å². The lowest BCUT2D eigenvalue weighted by Crippen LogP contribution is -2.42. The van der Waals surface area contributed by atoms with Crippen LogP contribution in [0.4, 0.5) is 5.69 Å². The monoisotopic (exact) mass is 407 g/mol. The van der Waals surface area contributed by atoms with Gasteiger partial charge in [-0.2, -0.15) is 0 Å². The third-order valence-electron chi connectivity index (χ3n) is 6.12. The van der Waals surface area contributed by atoms with Crippen molar-refractivity contribution in [1.29, 1.82) is 0 Å². The standard InChI is InChI=1S/C21H33N3O3S/c1-16-9-5-6-10-19(16)22-21(25)18-15-17(28(26,27)23(2)3)11-12-20(18)24-13-7-4-8-14-24/h11-12,15-16,19H,4-10,13-14H2,1-3H3,(H,22,25). The molecule has 1 heterocycles. The van der Waals surface area contributed by atoms with Crippen molar-refractivity contribution < 1.29 is 13.2 Å². The molecule has 3 rings (SSSR count). The van der Waals surface area contributed by atoms with Gasteiger partial charge in [0.05, 0.1) is 10.5 Å². The highest BCUT2D eigenvalue weighted by molar-refractivity contribution is 7.89. The number of hydrogen-bond donors (Lipinski definition) is 1. The van der Waals surface area contributed by atoms with E-state index >= 15 is 0 Å². The molecule has 28 heavy (non-hydrogen) atoms. The summed E-state index contributed by atoms with van der Waals surface area (Å²) in [4.78, 5) is 15.6. The second kappa shape index (κ2) is 8.82. The first-order valence-corrected chi connectivity index (χ1v) is 11.9. The number of sulfonamides is 1. The van der Waals surface area contributed by atoms with Gasteiger partial charge in [-0.15, -0.1) is 0 Å². The zero-order chi connectivity index (χ0) is 20.3. The molecule has 1 N–H and O–H groups in total. The van der Waals surface area contributed by atoms with Gasteiger partial charge < -0.3 is 10.2 Å². The lowest BCUT2D eigenvalue weighted by molar-refractivity contribution is 0.0910. The number of nitrogens with zero attached hydrogens (tertiary/aromatic N) is 2.